The predicted octanol–water partition coefficient (Wildman–Crippen LogP) is 2.38. The molecule has 0 spiro atoms. The Balaban J connectivity index is 1.97. The van der Waals surface area contributed by atoms with E-state index in [9.17, 15) is 4.79 Å². The van der Waals surface area contributed by atoms with Crippen LogP contribution in [0.15, 0.2) is 24.3 Å². The Morgan fingerprint density at radius 2 is 2.00 bits per heavy atom. The van der Waals surface area contributed by atoms with Gasteiger partial charge in [-0.2, -0.15) is 0 Å². The van der Waals surface area contributed by atoms with Gasteiger partial charge in [0.2, 0.25) is 5.91 Å². The Morgan fingerprint density at radius 1 is 1.29 bits per heavy atom. The maximum Gasteiger partial charge on any atom is 0.233 e. The molecule has 1 aliphatic heterocycles. The van der Waals surface area contributed by atoms with Gasteiger partial charge in [-0.1, -0.05) is 33.6 Å². The van der Waals surface area contributed by atoms with Crippen LogP contribution in [0.2, 0.25) is 5.02 Å². The molecule has 1 aromatic rings. The van der Waals surface area contributed by atoms with E-state index < -0.39 is 0 Å². The van der Waals surface area contributed by atoms with Crippen LogP contribution in [0.4, 0.5) is 5.69 Å². The normalized spacial score (nSPS) is 16.1. The lowest BCUT2D eigenvalue weighted by Crippen LogP contribution is -2.49. The first kappa shape index (κ1) is 12.7. The van der Waals surface area contributed by atoms with Gasteiger partial charge in [-0.3, -0.25) is 4.79 Å². The lowest BCUT2D eigenvalue weighted by atomic mass is 10.2. The summed E-state index contributed by atoms with van der Waals surface area (Å²) in [5.41, 5.74) is 1.13. The Kier molecular flexibility index (Phi) is 4.29. The zero-order chi connectivity index (χ0) is 12.3. The van der Waals surface area contributed by atoms with Gasteiger partial charge in [-0.05, 0) is 18.2 Å². The average molecular weight is 318 g/mol. The number of nitrogens with zero attached hydrogens (tertiary/aromatic N) is 2. The van der Waals surface area contributed by atoms with Crippen molar-refractivity contribution < 1.29 is 4.79 Å². The molecule has 3 nitrogen and oxygen atoms in total. The minimum absolute atomic E-state index is 0.163. The van der Waals surface area contributed by atoms with Crippen LogP contribution < -0.4 is 4.90 Å². The number of rotatable bonds is 2. The summed E-state index contributed by atoms with van der Waals surface area (Å²) in [5, 5.41) is 1.16. The second-order valence-corrected chi connectivity index (χ2v) is 4.98. The highest BCUT2D eigenvalue weighted by Crippen LogP contribution is 2.20. The molecule has 1 amide bonds. The van der Waals surface area contributed by atoms with Crippen molar-refractivity contribution in [2.45, 2.75) is 0 Å². The van der Waals surface area contributed by atoms with E-state index >= 15 is 0 Å². The van der Waals surface area contributed by atoms with E-state index in [1.54, 1.807) is 0 Å². The first-order valence-electron chi connectivity index (χ1n) is 5.55. The van der Waals surface area contributed by atoms with Crippen LogP contribution in [0, 0.1) is 0 Å². The molecule has 0 radical (unpaired) electrons. The Morgan fingerprint density at radius 3 is 2.59 bits per heavy atom. The van der Waals surface area contributed by atoms with Crippen LogP contribution in [0.5, 0.6) is 0 Å². The van der Waals surface area contributed by atoms with Gasteiger partial charge in [0.1, 0.15) is 0 Å². The predicted molar refractivity (Wildman–Crippen MR) is 74.0 cm³/mol. The minimum atomic E-state index is 0.163. The third kappa shape index (κ3) is 3.13. The molecule has 1 saturated heterocycles. The lowest BCUT2D eigenvalue weighted by Gasteiger charge is -2.36. The summed E-state index contributed by atoms with van der Waals surface area (Å²) in [4.78, 5) is 15.6. The van der Waals surface area contributed by atoms with Gasteiger partial charge in [-0.15, -0.1) is 0 Å². The quantitative estimate of drug-likeness (QED) is 0.782. The Labute approximate surface area is 114 Å². The standard InChI is InChI=1S/C12H14BrClN2O/c13-9-12(17)16-6-4-15(5-7-16)11-3-1-2-10(14)8-11/h1-3,8H,4-7,9H2. The molecule has 17 heavy (non-hydrogen) atoms. The number of halogens is 2. The summed E-state index contributed by atoms with van der Waals surface area (Å²) in [7, 11) is 0. The molecule has 0 unspecified atom stereocenters. The molecule has 1 aliphatic rings. The zero-order valence-corrected chi connectivity index (χ0v) is 11.7. The lowest BCUT2D eigenvalue weighted by molar-refractivity contribution is -0.128. The highest BCUT2D eigenvalue weighted by atomic mass is 79.9. The second kappa shape index (κ2) is 5.74. The Bertz CT molecular complexity index is 405. The molecule has 1 heterocycles. The van der Waals surface area contributed by atoms with Crippen molar-refractivity contribution in [3.8, 4) is 0 Å². The fourth-order valence-corrected chi connectivity index (χ4v) is 2.51. The number of carbonyl (C=O) groups excluding carboxylic acids is 1. The summed E-state index contributed by atoms with van der Waals surface area (Å²) in [5.74, 6) is 0.163. The number of benzene rings is 1. The number of hydrogen-bond acceptors (Lipinski definition) is 2. The maximum atomic E-state index is 11.5. The molecule has 0 N–H and O–H groups in total. The van der Waals surface area contributed by atoms with E-state index in [2.05, 4.69) is 20.8 Å². The Hall–Kier alpha value is -0.740. The molecular weight excluding hydrogens is 304 g/mol. The van der Waals surface area contributed by atoms with E-state index in [4.69, 9.17) is 11.6 Å². The van der Waals surface area contributed by atoms with Crippen molar-refractivity contribution in [2.24, 2.45) is 0 Å². The number of anilines is 1. The summed E-state index contributed by atoms with van der Waals surface area (Å²) >= 11 is 9.17. The number of alkyl halides is 1. The number of piperazine rings is 1. The van der Waals surface area contributed by atoms with Crippen molar-refractivity contribution in [2.75, 3.05) is 36.4 Å². The minimum Gasteiger partial charge on any atom is -0.368 e. The number of carbonyl (C=O) groups is 1. The van der Waals surface area contributed by atoms with Crippen molar-refractivity contribution in [3.63, 3.8) is 0 Å². The molecule has 0 atom stereocenters. The summed E-state index contributed by atoms with van der Waals surface area (Å²) in [6.45, 7) is 3.27. The smallest absolute Gasteiger partial charge is 0.233 e. The summed E-state index contributed by atoms with van der Waals surface area (Å²) < 4.78 is 0. The van der Waals surface area contributed by atoms with Crippen molar-refractivity contribution >= 4 is 39.1 Å². The third-order valence-electron chi connectivity index (χ3n) is 2.92. The third-order valence-corrected chi connectivity index (χ3v) is 3.63. The molecule has 0 bridgehead atoms. The molecule has 0 aromatic heterocycles. The van der Waals surface area contributed by atoms with Crippen LogP contribution in [-0.4, -0.2) is 42.3 Å². The van der Waals surface area contributed by atoms with E-state index in [0.717, 1.165) is 36.9 Å². The topological polar surface area (TPSA) is 23.6 Å². The van der Waals surface area contributed by atoms with E-state index in [-0.39, 0.29) is 5.91 Å². The highest BCUT2D eigenvalue weighted by Gasteiger charge is 2.20. The molecule has 2 rings (SSSR count). The van der Waals surface area contributed by atoms with E-state index in [1.165, 1.54) is 0 Å². The largest absolute Gasteiger partial charge is 0.368 e. The maximum absolute atomic E-state index is 11.5. The van der Waals surface area contributed by atoms with Gasteiger partial charge in [0.25, 0.3) is 0 Å². The van der Waals surface area contributed by atoms with Crippen LogP contribution in [0.25, 0.3) is 0 Å². The summed E-state index contributed by atoms with van der Waals surface area (Å²) in [6.07, 6.45) is 0. The molecule has 0 saturated carbocycles. The molecular formula is C12H14BrClN2O. The van der Waals surface area contributed by atoms with Crippen LogP contribution in [0.1, 0.15) is 0 Å². The zero-order valence-electron chi connectivity index (χ0n) is 9.40. The van der Waals surface area contributed by atoms with Crippen molar-refractivity contribution in [1.82, 2.24) is 4.90 Å². The molecule has 1 aromatic carbocycles. The SMILES string of the molecule is O=C(CBr)N1CCN(c2cccc(Cl)c2)CC1. The molecule has 0 aliphatic carbocycles. The van der Waals surface area contributed by atoms with Crippen molar-refractivity contribution in [3.05, 3.63) is 29.3 Å². The first-order chi connectivity index (χ1) is 8.20. The van der Waals surface area contributed by atoms with Crippen LogP contribution in [0.3, 0.4) is 0 Å². The monoisotopic (exact) mass is 316 g/mol. The van der Waals surface area contributed by atoms with E-state index in [0.29, 0.717) is 5.33 Å². The van der Waals surface area contributed by atoms with Gasteiger partial charge in [0, 0.05) is 36.9 Å². The van der Waals surface area contributed by atoms with Gasteiger partial charge in [0.15, 0.2) is 0 Å². The average Bonchev–Trinajstić information content (AvgIpc) is 2.38. The van der Waals surface area contributed by atoms with Gasteiger partial charge in [0.05, 0.1) is 5.33 Å². The van der Waals surface area contributed by atoms with Crippen molar-refractivity contribution in [1.29, 1.82) is 0 Å². The van der Waals surface area contributed by atoms with Gasteiger partial charge >= 0.3 is 0 Å². The fraction of sp³-hybridized carbons (Fsp3) is 0.417. The number of amides is 1. The molecule has 92 valence electrons. The van der Waals surface area contributed by atoms with Crippen LogP contribution >= 0.6 is 27.5 Å². The molecule has 1 fully saturated rings. The van der Waals surface area contributed by atoms with Gasteiger partial charge in [-0.25, -0.2) is 0 Å². The van der Waals surface area contributed by atoms with E-state index in [1.807, 2.05) is 29.2 Å². The number of hydrogen-bond donors (Lipinski definition) is 0. The van der Waals surface area contributed by atoms with Gasteiger partial charge < -0.3 is 9.80 Å². The molecule has 5 heteroatoms. The second-order valence-electron chi connectivity index (χ2n) is 3.98. The highest BCUT2D eigenvalue weighted by molar-refractivity contribution is 9.09. The fourth-order valence-electron chi connectivity index (χ4n) is 1.97. The first-order valence-corrected chi connectivity index (χ1v) is 7.05. The summed E-state index contributed by atoms with van der Waals surface area (Å²) in [6, 6.07) is 7.83. The van der Waals surface area contributed by atoms with Crippen LogP contribution in [-0.2, 0) is 4.79 Å².